The van der Waals surface area contributed by atoms with Gasteiger partial charge in [-0.3, -0.25) is 0 Å². The molecule has 0 radical (unpaired) electrons. The third-order valence-electron chi connectivity index (χ3n) is 2.40. The Morgan fingerprint density at radius 2 is 2.29 bits per heavy atom. The van der Waals surface area contributed by atoms with E-state index in [2.05, 4.69) is 23.2 Å². The molecule has 1 rings (SSSR count). The lowest BCUT2D eigenvalue weighted by molar-refractivity contribution is 0.181. The summed E-state index contributed by atoms with van der Waals surface area (Å²) in [5, 5.41) is 1.04. The van der Waals surface area contributed by atoms with Gasteiger partial charge in [0.05, 0.1) is 12.3 Å². The van der Waals surface area contributed by atoms with Gasteiger partial charge in [0.15, 0.2) is 5.13 Å². The standard InChI is InChI=1S/C11H21N3OS2/c1-14(5-4-6-16-3)11-13-9(8-15-2)10(7-12)17-11/h4-8,12H2,1-3H3. The second-order valence-electron chi connectivity index (χ2n) is 3.77. The molecule has 4 nitrogen and oxygen atoms in total. The molecule has 17 heavy (non-hydrogen) atoms. The first-order valence-corrected chi connectivity index (χ1v) is 7.81. The van der Waals surface area contributed by atoms with Gasteiger partial charge in [-0.25, -0.2) is 4.98 Å². The van der Waals surface area contributed by atoms with Crippen LogP contribution in [0.5, 0.6) is 0 Å². The molecule has 98 valence electrons. The van der Waals surface area contributed by atoms with Gasteiger partial charge in [-0.1, -0.05) is 0 Å². The van der Waals surface area contributed by atoms with Crippen molar-refractivity contribution in [1.82, 2.24) is 4.98 Å². The van der Waals surface area contributed by atoms with Crippen LogP contribution < -0.4 is 10.6 Å². The van der Waals surface area contributed by atoms with E-state index in [-0.39, 0.29) is 0 Å². The van der Waals surface area contributed by atoms with E-state index in [0.29, 0.717) is 13.2 Å². The Kier molecular flexibility index (Phi) is 6.87. The maximum atomic E-state index is 5.71. The number of thiazole rings is 1. The molecule has 2 N–H and O–H groups in total. The van der Waals surface area contributed by atoms with Crippen LogP contribution in [0, 0.1) is 0 Å². The zero-order valence-corrected chi connectivity index (χ0v) is 12.4. The lowest BCUT2D eigenvalue weighted by Gasteiger charge is -2.14. The van der Waals surface area contributed by atoms with Crippen LogP contribution in [-0.2, 0) is 17.9 Å². The minimum Gasteiger partial charge on any atom is -0.378 e. The number of hydrogen-bond acceptors (Lipinski definition) is 6. The van der Waals surface area contributed by atoms with Gasteiger partial charge < -0.3 is 15.4 Å². The molecule has 0 fully saturated rings. The topological polar surface area (TPSA) is 51.4 Å². The summed E-state index contributed by atoms with van der Waals surface area (Å²) >= 11 is 3.54. The molecule has 0 bridgehead atoms. The quantitative estimate of drug-likeness (QED) is 0.735. The molecule has 6 heteroatoms. The monoisotopic (exact) mass is 275 g/mol. The van der Waals surface area contributed by atoms with E-state index in [1.54, 1.807) is 18.4 Å². The molecule has 0 aromatic carbocycles. The predicted molar refractivity (Wildman–Crippen MR) is 77.0 cm³/mol. The number of anilines is 1. The highest BCUT2D eigenvalue weighted by Gasteiger charge is 2.12. The van der Waals surface area contributed by atoms with E-state index in [1.807, 2.05) is 11.8 Å². The van der Waals surface area contributed by atoms with Gasteiger partial charge in [-0.15, -0.1) is 11.3 Å². The SMILES string of the molecule is COCc1nc(N(C)CCCSC)sc1CN. The fourth-order valence-electron chi connectivity index (χ4n) is 1.48. The number of nitrogens with two attached hydrogens (primary N) is 1. The molecular weight excluding hydrogens is 254 g/mol. The first kappa shape index (κ1) is 14.8. The summed E-state index contributed by atoms with van der Waals surface area (Å²) in [6.45, 7) is 2.11. The average molecular weight is 275 g/mol. The Balaban J connectivity index is 2.63. The first-order valence-electron chi connectivity index (χ1n) is 5.60. The second-order valence-corrected chi connectivity index (χ2v) is 5.82. The van der Waals surface area contributed by atoms with E-state index in [9.17, 15) is 0 Å². The maximum absolute atomic E-state index is 5.71. The summed E-state index contributed by atoms with van der Waals surface area (Å²) in [6.07, 6.45) is 3.31. The Hall–Kier alpha value is -0.300. The number of rotatable bonds is 8. The zero-order chi connectivity index (χ0) is 12.7. The van der Waals surface area contributed by atoms with Gasteiger partial charge in [0, 0.05) is 32.1 Å². The molecule has 1 heterocycles. The normalized spacial score (nSPS) is 10.8. The number of hydrogen-bond donors (Lipinski definition) is 1. The third-order valence-corrected chi connectivity index (χ3v) is 4.33. The zero-order valence-electron chi connectivity index (χ0n) is 10.7. The molecule has 1 aromatic rings. The van der Waals surface area contributed by atoms with Crippen molar-refractivity contribution in [3.8, 4) is 0 Å². The van der Waals surface area contributed by atoms with E-state index in [1.165, 1.54) is 12.2 Å². The van der Waals surface area contributed by atoms with Gasteiger partial charge in [0.25, 0.3) is 0 Å². The van der Waals surface area contributed by atoms with Gasteiger partial charge >= 0.3 is 0 Å². The summed E-state index contributed by atoms with van der Waals surface area (Å²) in [7, 11) is 3.76. The van der Waals surface area contributed by atoms with Crippen LogP contribution in [0.1, 0.15) is 17.0 Å². The first-order chi connectivity index (χ1) is 8.22. The minimum atomic E-state index is 0.537. The Bertz CT molecular complexity index is 331. The van der Waals surface area contributed by atoms with E-state index < -0.39 is 0 Å². The van der Waals surface area contributed by atoms with Crippen molar-refractivity contribution in [2.24, 2.45) is 5.73 Å². The van der Waals surface area contributed by atoms with Gasteiger partial charge in [-0.05, 0) is 18.4 Å². The van der Waals surface area contributed by atoms with E-state index in [0.717, 1.165) is 22.2 Å². The summed E-state index contributed by atoms with van der Waals surface area (Å²) in [6, 6.07) is 0. The molecule has 0 unspecified atom stereocenters. The predicted octanol–water partition coefficient (Wildman–Crippen LogP) is 1.94. The van der Waals surface area contributed by atoms with Crippen molar-refractivity contribution in [2.75, 3.05) is 37.6 Å². The van der Waals surface area contributed by atoms with Gasteiger partial charge in [0.1, 0.15) is 0 Å². The number of nitrogens with zero attached hydrogens (tertiary/aromatic N) is 2. The number of thioether (sulfide) groups is 1. The minimum absolute atomic E-state index is 0.537. The van der Waals surface area contributed by atoms with Crippen molar-refractivity contribution >= 4 is 28.2 Å². The van der Waals surface area contributed by atoms with E-state index >= 15 is 0 Å². The second kappa shape index (κ2) is 7.92. The van der Waals surface area contributed by atoms with Crippen LogP contribution in [0.3, 0.4) is 0 Å². The van der Waals surface area contributed by atoms with Crippen LogP contribution in [-0.4, -0.2) is 37.7 Å². The molecule has 0 aliphatic heterocycles. The highest BCUT2D eigenvalue weighted by molar-refractivity contribution is 7.98. The molecule has 0 saturated carbocycles. The molecule has 0 aliphatic rings. The summed E-state index contributed by atoms with van der Waals surface area (Å²) in [5.74, 6) is 1.18. The van der Waals surface area contributed by atoms with Crippen molar-refractivity contribution in [3.63, 3.8) is 0 Å². The number of aromatic nitrogens is 1. The Morgan fingerprint density at radius 3 is 2.88 bits per heavy atom. The lowest BCUT2D eigenvalue weighted by atomic mass is 10.4. The molecule has 0 aliphatic carbocycles. The largest absolute Gasteiger partial charge is 0.378 e. The van der Waals surface area contributed by atoms with Crippen molar-refractivity contribution in [3.05, 3.63) is 10.6 Å². The molecular formula is C11H21N3OS2. The summed E-state index contributed by atoms with van der Waals surface area (Å²) in [4.78, 5) is 7.90. The maximum Gasteiger partial charge on any atom is 0.185 e. The van der Waals surface area contributed by atoms with Gasteiger partial charge in [0.2, 0.25) is 0 Å². The highest BCUT2D eigenvalue weighted by Crippen LogP contribution is 2.26. The third kappa shape index (κ3) is 4.46. The lowest BCUT2D eigenvalue weighted by Crippen LogP contribution is -2.18. The molecule has 1 aromatic heterocycles. The highest BCUT2D eigenvalue weighted by atomic mass is 32.2. The average Bonchev–Trinajstić information content (AvgIpc) is 2.73. The Morgan fingerprint density at radius 1 is 1.53 bits per heavy atom. The van der Waals surface area contributed by atoms with Crippen LogP contribution in [0.4, 0.5) is 5.13 Å². The van der Waals surface area contributed by atoms with Crippen molar-refractivity contribution in [1.29, 1.82) is 0 Å². The van der Waals surface area contributed by atoms with Crippen LogP contribution in [0.15, 0.2) is 0 Å². The van der Waals surface area contributed by atoms with Crippen molar-refractivity contribution in [2.45, 2.75) is 19.6 Å². The summed E-state index contributed by atoms with van der Waals surface area (Å²) < 4.78 is 5.13. The number of ether oxygens (including phenoxy) is 1. The molecule has 0 amide bonds. The molecule has 0 atom stereocenters. The van der Waals surface area contributed by atoms with Crippen LogP contribution in [0.25, 0.3) is 0 Å². The van der Waals surface area contributed by atoms with Crippen molar-refractivity contribution < 1.29 is 4.74 Å². The number of methoxy groups -OCH3 is 1. The summed E-state index contributed by atoms with van der Waals surface area (Å²) in [5.41, 5.74) is 6.69. The smallest absolute Gasteiger partial charge is 0.185 e. The molecule has 0 saturated heterocycles. The van der Waals surface area contributed by atoms with E-state index in [4.69, 9.17) is 10.5 Å². The molecule has 0 spiro atoms. The van der Waals surface area contributed by atoms with Crippen LogP contribution in [0.2, 0.25) is 0 Å². The van der Waals surface area contributed by atoms with Crippen LogP contribution >= 0.6 is 23.1 Å². The Labute approximate surface area is 112 Å². The van der Waals surface area contributed by atoms with Gasteiger partial charge in [-0.2, -0.15) is 11.8 Å². The fourth-order valence-corrected chi connectivity index (χ4v) is 2.83. The fraction of sp³-hybridized carbons (Fsp3) is 0.727.